The van der Waals surface area contributed by atoms with Gasteiger partial charge in [-0.25, -0.2) is 14.4 Å². The molecule has 6 nitrogen and oxygen atoms in total. The van der Waals surface area contributed by atoms with E-state index in [0.717, 1.165) is 21.2 Å². The lowest BCUT2D eigenvalue weighted by molar-refractivity contribution is 0.100. The topological polar surface area (TPSA) is 93.8 Å². The van der Waals surface area contributed by atoms with Crippen LogP contribution in [0.3, 0.4) is 0 Å². The highest BCUT2D eigenvalue weighted by Crippen LogP contribution is 2.34. The molecule has 8 heteroatoms. The Morgan fingerprint density at radius 1 is 1.15 bits per heavy atom. The predicted octanol–water partition coefficient (Wildman–Crippen LogP) is 3.60. The van der Waals surface area contributed by atoms with Gasteiger partial charge < -0.3 is 11.1 Å². The molecule has 0 unspecified atom stereocenters. The van der Waals surface area contributed by atoms with Crippen LogP contribution in [0.4, 0.5) is 10.3 Å². The predicted molar refractivity (Wildman–Crippen MR) is 103 cm³/mol. The molecule has 3 N–H and O–H groups in total. The summed E-state index contributed by atoms with van der Waals surface area (Å²) >= 11 is 1.43. The Labute approximate surface area is 157 Å². The molecular weight excluding hydrogens is 365 g/mol. The van der Waals surface area contributed by atoms with Crippen molar-refractivity contribution in [3.8, 4) is 10.7 Å². The van der Waals surface area contributed by atoms with Gasteiger partial charge >= 0.3 is 0 Å². The summed E-state index contributed by atoms with van der Waals surface area (Å²) in [5, 5.41) is 6.58. The van der Waals surface area contributed by atoms with E-state index in [1.54, 1.807) is 18.2 Å². The Morgan fingerprint density at radius 3 is 2.81 bits per heavy atom. The number of hydrogen-bond donors (Lipinski definition) is 2. The summed E-state index contributed by atoms with van der Waals surface area (Å²) in [5.41, 5.74) is 6.69. The second-order valence-electron chi connectivity index (χ2n) is 5.81. The fraction of sp³-hybridized carbons (Fsp3) is 0.0526. The summed E-state index contributed by atoms with van der Waals surface area (Å²) in [4.78, 5) is 25.2. The Bertz CT molecular complexity index is 1140. The lowest BCUT2D eigenvalue weighted by atomic mass is 10.1. The molecule has 0 fully saturated rings. The fourth-order valence-electron chi connectivity index (χ4n) is 2.78. The minimum atomic E-state index is -0.474. The molecule has 2 aromatic carbocycles. The summed E-state index contributed by atoms with van der Waals surface area (Å²) in [6.45, 7) is 0.387. The largest absolute Gasteiger partial charge is 0.366 e. The molecule has 0 bridgehead atoms. The number of nitrogens with one attached hydrogen (secondary N) is 1. The van der Waals surface area contributed by atoms with E-state index >= 15 is 0 Å². The number of thiophene rings is 1. The Morgan fingerprint density at radius 2 is 2.00 bits per heavy atom. The Kier molecular flexibility index (Phi) is 4.47. The number of nitrogens with two attached hydrogens (primary N) is 1. The Balaban J connectivity index is 1.64. The van der Waals surface area contributed by atoms with E-state index in [9.17, 15) is 9.18 Å². The zero-order valence-corrected chi connectivity index (χ0v) is 14.8. The van der Waals surface area contributed by atoms with Gasteiger partial charge in [-0.3, -0.25) is 4.79 Å². The van der Waals surface area contributed by atoms with Crippen molar-refractivity contribution in [2.75, 3.05) is 5.32 Å². The van der Waals surface area contributed by atoms with Crippen molar-refractivity contribution >= 4 is 34.0 Å². The van der Waals surface area contributed by atoms with Crippen LogP contribution in [0.1, 0.15) is 15.9 Å². The minimum absolute atomic E-state index is 0.291. The summed E-state index contributed by atoms with van der Waals surface area (Å²) in [7, 11) is 0. The number of aromatic nitrogens is 3. The van der Waals surface area contributed by atoms with Crippen LogP contribution in [-0.2, 0) is 6.54 Å². The highest BCUT2D eigenvalue weighted by molar-refractivity contribution is 7.15. The lowest BCUT2D eigenvalue weighted by Crippen LogP contribution is -2.10. The SMILES string of the molecule is NC(=O)c1cccc2c(-c3ncnc(NCc4cccc(F)c4)n3)scc12. The number of benzene rings is 2. The van der Waals surface area contributed by atoms with E-state index in [-0.39, 0.29) is 5.82 Å². The van der Waals surface area contributed by atoms with E-state index in [1.807, 2.05) is 17.5 Å². The third-order valence-electron chi connectivity index (χ3n) is 4.03. The van der Waals surface area contributed by atoms with Gasteiger partial charge in [0.15, 0.2) is 5.82 Å². The number of anilines is 1. The molecule has 4 rings (SSSR count). The number of fused-ring (bicyclic) bond motifs is 1. The second-order valence-corrected chi connectivity index (χ2v) is 6.69. The molecule has 0 aliphatic carbocycles. The van der Waals surface area contributed by atoms with Gasteiger partial charge in [0.1, 0.15) is 12.1 Å². The van der Waals surface area contributed by atoms with Gasteiger partial charge in [0.05, 0.1) is 4.88 Å². The molecule has 0 radical (unpaired) electrons. The smallest absolute Gasteiger partial charge is 0.249 e. The zero-order chi connectivity index (χ0) is 18.8. The van der Waals surface area contributed by atoms with E-state index < -0.39 is 5.91 Å². The van der Waals surface area contributed by atoms with Crippen LogP contribution in [-0.4, -0.2) is 20.9 Å². The third-order valence-corrected chi connectivity index (χ3v) is 5.02. The van der Waals surface area contributed by atoms with Gasteiger partial charge in [-0.1, -0.05) is 24.3 Å². The number of nitrogens with zero attached hydrogens (tertiary/aromatic N) is 3. The maximum atomic E-state index is 13.3. The number of carbonyl (C=O) groups is 1. The molecule has 27 heavy (non-hydrogen) atoms. The van der Waals surface area contributed by atoms with Crippen LogP contribution in [0.15, 0.2) is 54.2 Å². The third kappa shape index (κ3) is 3.47. The van der Waals surface area contributed by atoms with Gasteiger partial charge in [-0.15, -0.1) is 11.3 Å². The molecule has 2 heterocycles. The van der Waals surface area contributed by atoms with E-state index in [4.69, 9.17) is 5.73 Å². The molecule has 0 saturated heterocycles. The van der Waals surface area contributed by atoms with Crippen LogP contribution in [0.5, 0.6) is 0 Å². The van der Waals surface area contributed by atoms with Gasteiger partial charge in [0.25, 0.3) is 0 Å². The average Bonchev–Trinajstić information content (AvgIpc) is 3.11. The van der Waals surface area contributed by atoms with E-state index in [2.05, 4.69) is 20.3 Å². The Hall–Kier alpha value is -3.39. The molecule has 1 amide bonds. The summed E-state index contributed by atoms with van der Waals surface area (Å²) in [6.07, 6.45) is 1.42. The van der Waals surface area contributed by atoms with Gasteiger partial charge in [-0.05, 0) is 23.8 Å². The van der Waals surface area contributed by atoms with Crippen LogP contribution < -0.4 is 11.1 Å². The van der Waals surface area contributed by atoms with E-state index in [0.29, 0.717) is 23.9 Å². The van der Waals surface area contributed by atoms with Gasteiger partial charge in [-0.2, -0.15) is 4.98 Å². The zero-order valence-electron chi connectivity index (χ0n) is 14.0. The second kappa shape index (κ2) is 7.08. The molecule has 134 valence electrons. The molecular formula is C19H14FN5OS. The molecule has 0 aliphatic heterocycles. The monoisotopic (exact) mass is 379 g/mol. The molecule has 0 saturated carbocycles. The first-order chi connectivity index (χ1) is 13.1. The lowest BCUT2D eigenvalue weighted by Gasteiger charge is -2.06. The minimum Gasteiger partial charge on any atom is -0.366 e. The van der Waals surface area contributed by atoms with Crippen molar-refractivity contribution in [3.05, 3.63) is 71.1 Å². The van der Waals surface area contributed by atoms with Gasteiger partial charge in [0.2, 0.25) is 11.9 Å². The molecule has 0 spiro atoms. The first-order valence-corrected chi connectivity index (χ1v) is 8.97. The molecule has 2 aromatic heterocycles. The first-order valence-electron chi connectivity index (χ1n) is 8.09. The van der Waals surface area contributed by atoms with E-state index in [1.165, 1.54) is 29.8 Å². The number of hydrogen-bond acceptors (Lipinski definition) is 6. The highest BCUT2D eigenvalue weighted by Gasteiger charge is 2.14. The average molecular weight is 379 g/mol. The standard InChI is InChI=1S/C19H14FN5OS/c20-12-4-1-3-11(7-12)8-22-19-24-10-23-18(25-19)16-13-5-2-6-14(17(21)26)15(13)9-27-16/h1-7,9-10H,8H2,(H2,21,26)(H,22,23,24,25). The quantitative estimate of drug-likeness (QED) is 0.552. The number of amides is 1. The number of rotatable bonds is 5. The summed E-state index contributed by atoms with van der Waals surface area (Å²) < 4.78 is 13.3. The highest BCUT2D eigenvalue weighted by atomic mass is 32.1. The fourth-order valence-corrected chi connectivity index (χ4v) is 3.78. The molecule has 0 atom stereocenters. The first kappa shape index (κ1) is 17.0. The van der Waals surface area contributed by atoms with Crippen molar-refractivity contribution in [2.24, 2.45) is 5.73 Å². The normalized spacial score (nSPS) is 10.9. The maximum absolute atomic E-state index is 13.3. The summed E-state index contributed by atoms with van der Waals surface area (Å²) in [5.74, 6) is 0.115. The molecule has 4 aromatic rings. The van der Waals surface area contributed by atoms with Crippen LogP contribution in [0.25, 0.3) is 21.5 Å². The van der Waals surface area contributed by atoms with Crippen molar-refractivity contribution in [2.45, 2.75) is 6.54 Å². The van der Waals surface area contributed by atoms with Crippen molar-refractivity contribution in [3.63, 3.8) is 0 Å². The van der Waals surface area contributed by atoms with Crippen LogP contribution in [0.2, 0.25) is 0 Å². The van der Waals surface area contributed by atoms with Crippen molar-refractivity contribution in [1.29, 1.82) is 0 Å². The van der Waals surface area contributed by atoms with Crippen LogP contribution in [0, 0.1) is 5.82 Å². The maximum Gasteiger partial charge on any atom is 0.249 e. The number of carbonyl (C=O) groups excluding carboxylic acids is 1. The van der Waals surface area contributed by atoms with Gasteiger partial charge in [0, 0.05) is 28.3 Å². The molecule has 0 aliphatic rings. The van der Waals surface area contributed by atoms with Crippen molar-refractivity contribution in [1.82, 2.24) is 15.0 Å². The summed E-state index contributed by atoms with van der Waals surface area (Å²) in [6, 6.07) is 11.7. The van der Waals surface area contributed by atoms with Crippen molar-refractivity contribution < 1.29 is 9.18 Å². The number of primary amides is 1. The van der Waals surface area contributed by atoms with Crippen LogP contribution >= 0.6 is 11.3 Å². The number of halogens is 1.